The van der Waals surface area contributed by atoms with Crippen LogP contribution in [0.1, 0.15) is 70.7 Å². The third-order valence-electron chi connectivity index (χ3n) is 7.01. The first-order valence-electron chi connectivity index (χ1n) is 13.7. The lowest BCUT2D eigenvalue weighted by Crippen LogP contribution is -2.66. The van der Waals surface area contributed by atoms with Crippen molar-refractivity contribution in [3.8, 4) is 11.5 Å². The van der Waals surface area contributed by atoms with Gasteiger partial charge in [-0.3, -0.25) is 0 Å². The van der Waals surface area contributed by atoms with Crippen molar-refractivity contribution in [3.05, 3.63) is 59.7 Å². The molecule has 0 aromatic heterocycles. The summed E-state index contributed by atoms with van der Waals surface area (Å²) in [6, 6.07) is 14.5. The molecule has 9 heteroatoms. The van der Waals surface area contributed by atoms with Gasteiger partial charge in [-0.1, -0.05) is 30.3 Å². The number of amides is 2. The molecule has 0 spiro atoms. The fraction of sp³-hybridized carbons (Fsp3) is 0.533. The van der Waals surface area contributed by atoms with E-state index in [1.165, 1.54) is 0 Å². The number of urea groups is 1. The highest BCUT2D eigenvalue weighted by Crippen LogP contribution is 2.36. The van der Waals surface area contributed by atoms with Gasteiger partial charge in [-0.25, -0.2) is 9.59 Å². The molecule has 39 heavy (non-hydrogen) atoms. The van der Waals surface area contributed by atoms with Gasteiger partial charge >= 0.3 is 12.0 Å². The van der Waals surface area contributed by atoms with E-state index in [0.29, 0.717) is 31.3 Å². The Balaban J connectivity index is 1.83. The highest BCUT2D eigenvalue weighted by molar-refractivity contribution is 5.87. The van der Waals surface area contributed by atoms with Gasteiger partial charge in [-0.05, 0) is 57.9 Å². The Bertz CT molecular complexity index is 1050. The normalized spacial score (nSPS) is 19.9. The molecule has 0 unspecified atom stereocenters. The van der Waals surface area contributed by atoms with Gasteiger partial charge in [0.2, 0.25) is 0 Å². The molecule has 1 saturated carbocycles. The van der Waals surface area contributed by atoms with Crippen molar-refractivity contribution in [2.24, 2.45) is 0 Å². The average Bonchev–Trinajstić information content (AvgIpc) is 2.90. The van der Waals surface area contributed by atoms with Gasteiger partial charge in [0.05, 0.1) is 38.1 Å². The Hall–Kier alpha value is -3.30. The van der Waals surface area contributed by atoms with Crippen molar-refractivity contribution in [3.63, 3.8) is 0 Å². The number of hydrogen-bond acceptors (Lipinski definition) is 6. The van der Waals surface area contributed by atoms with E-state index in [4.69, 9.17) is 18.9 Å². The van der Waals surface area contributed by atoms with Crippen molar-refractivity contribution in [1.82, 2.24) is 10.2 Å². The molecule has 1 fully saturated rings. The van der Waals surface area contributed by atoms with Gasteiger partial charge in [-0.2, -0.15) is 0 Å². The van der Waals surface area contributed by atoms with Crippen LogP contribution in [0.25, 0.3) is 0 Å². The topological polar surface area (TPSA) is 107 Å². The van der Waals surface area contributed by atoms with E-state index in [1.54, 1.807) is 4.90 Å². The molecule has 0 saturated heterocycles. The molecular formula is C30H42N2O7. The van der Waals surface area contributed by atoms with Gasteiger partial charge in [-0.15, -0.1) is 0 Å². The largest absolute Gasteiger partial charge is 0.494 e. The Morgan fingerprint density at radius 1 is 0.974 bits per heavy atom. The number of hydrogen-bond donors (Lipinski definition) is 2. The minimum Gasteiger partial charge on any atom is -0.494 e. The maximum atomic E-state index is 13.7. The lowest BCUT2D eigenvalue weighted by Gasteiger charge is -2.45. The van der Waals surface area contributed by atoms with Crippen LogP contribution in [0.5, 0.6) is 11.5 Å². The van der Waals surface area contributed by atoms with Gasteiger partial charge in [0.15, 0.2) is 0 Å². The summed E-state index contributed by atoms with van der Waals surface area (Å²) in [7, 11) is 0. The Morgan fingerprint density at radius 3 is 2.13 bits per heavy atom. The molecule has 1 aliphatic rings. The predicted molar refractivity (Wildman–Crippen MR) is 148 cm³/mol. The van der Waals surface area contributed by atoms with E-state index in [2.05, 4.69) is 5.32 Å². The van der Waals surface area contributed by atoms with E-state index >= 15 is 0 Å². The highest BCUT2D eigenvalue weighted by Gasteiger charge is 2.53. The molecule has 0 radical (unpaired) electrons. The van der Waals surface area contributed by atoms with E-state index in [9.17, 15) is 14.7 Å². The minimum absolute atomic E-state index is 0.166. The highest BCUT2D eigenvalue weighted by atomic mass is 16.5. The number of benzene rings is 2. The zero-order chi connectivity index (χ0) is 28.4. The number of carbonyl (C=O) groups excluding carboxylic acids is 1. The fourth-order valence-electron chi connectivity index (χ4n) is 4.81. The summed E-state index contributed by atoms with van der Waals surface area (Å²) in [5.74, 6) is 0.214. The van der Waals surface area contributed by atoms with Crippen LogP contribution in [-0.2, 0) is 14.3 Å². The van der Waals surface area contributed by atoms with Crippen LogP contribution in [0.2, 0.25) is 0 Å². The second-order valence-electron chi connectivity index (χ2n) is 9.70. The summed E-state index contributed by atoms with van der Waals surface area (Å²) in [6.45, 7) is 11.5. The molecule has 2 aromatic carbocycles. The summed E-state index contributed by atoms with van der Waals surface area (Å²) in [5, 5.41) is 12.8. The first-order chi connectivity index (χ1) is 18.7. The lowest BCUT2D eigenvalue weighted by molar-refractivity contribution is -0.156. The molecule has 0 aliphatic heterocycles. The van der Waals surface area contributed by atoms with E-state index in [-0.39, 0.29) is 38.2 Å². The molecule has 1 aliphatic carbocycles. The Kier molecular flexibility index (Phi) is 11.0. The van der Waals surface area contributed by atoms with Gasteiger partial charge in [0.25, 0.3) is 0 Å². The summed E-state index contributed by atoms with van der Waals surface area (Å²) >= 11 is 0. The minimum atomic E-state index is -1.36. The van der Waals surface area contributed by atoms with Crippen molar-refractivity contribution in [1.29, 1.82) is 0 Å². The number of carboxylic acid groups (broad SMARTS) is 1. The van der Waals surface area contributed by atoms with Crippen LogP contribution in [-0.4, -0.2) is 66.6 Å². The van der Waals surface area contributed by atoms with Gasteiger partial charge in [0, 0.05) is 32.1 Å². The molecule has 2 aromatic rings. The number of nitrogens with one attached hydrogen (secondary N) is 1. The third kappa shape index (κ3) is 7.86. The Morgan fingerprint density at radius 2 is 1.59 bits per heavy atom. The number of ether oxygens (including phenoxy) is 4. The van der Waals surface area contributed by atoms with Crippen LogP contribution >= 0.6 is 0 Å². The summed E-state index contributed by atoms with van der Waals surface area (Å²) in [5.41, 5.74) is 0.478. The van der Waals surface area contributed by atoms with Crippen LogP contribution in [0.15, 0.2) is 48.5 Å². The molecule has 214 valence electrons. The van der Waals surface area contributed by atoms with Crippen LogP contribution in [0, 0.1) is 0 Å². The molecular weight excluding hydrogens is 500 g/mol. The molecule has 9 nitrogen and oxygen atoms in total. The number of aliphatic carboxylic acids is 1. The third-order valence-corrected chi connectivity index (χ3v) is 7.01. The molecule has 3 rings (SSSR count). The molecule has 0 bridgehead atoms. The maximum absolute atomic E-state index is 13.7. The van der Waals surface area contributed by atoms with Crippen molar-refractivity contribution < 1.29 is 33.6 Å². The summed E-state index contributed by atoms with van der Waals surface area (Å²) in [4.78, 5) is 27.5. The average molecular weight is 543 g/mol. The number of carboxylic acids is 1. The summed E-state index contributed by atoms with van der Waals surface area (Å²) < 4.78 is 23.1. The SMILES string of the molecule is CCOc1cc(OCC)cc([C@@H](C)N(CCO[C@@H](C)c2ccccc2)C(=O)NC2(C(=O)O)CC(OCC)C2)c1. The zero-order valence-electron chi connectivity index (χ0n) is 23.6. The second-order valence-corrected chi connectivity index (χ2v) is 9.70. The molecule has 2 N–H and O–H groups in total. The zero-order valence-corrected chi connectivity index (χ0v) is 23.6. The van der Waals surface area contributed by atoms with Crippen LogP contribution < -0.4 is 14.8 Å². The van der Waals surface area contributed by atoms with Gasteiger partial charge < -0.3 is 34.3 Å². The van der Waals surface area contributed by atoms with Crippen molar-refractivity contribution in [2.75, 3.05) is 33.0 Å². The quantitative estimate of drug-likeness (QED) is 0.312. The first kappa shape index (κ1) is 30.2. The number of carbonyl (C=O) groups is 2. The standard InChI is InChI=1S/C30H42N2O7/c1-6-36-25-16-24(17-26(18-25)37-7-2)21(4)32(14-15-39-22(5)23-12-10-9-11-13-23)29(35)31-30(28(33)34)19-27(20-30)38-8-3/h9-13,16-18,21-22,27H,6-8,14-15,19-20H2,1-5H3,(H,31,35)(H,33,34)/t21-,22+,27?,30?/m1/s1. The van der Waals surface area contributed by atoms with Crippen molar-refractivity contribution >= 4 is 12.0 Å². The lowest BCUT2D eigenvalue weighted by atomic mass is 9.74. The Labute approximate surface area is 231 Å². The van der Waals surface area contributed by atoms with Crippen LogP contribution in [0.4, 0.5) is 4.79 Å². The number of nitrogens with zero attached hydrogens (tertiary/aromatic N) is 1. The number of rotatable bonds is 15. The van der Waals surface area contributed by atoms with E-state index in [1.807, 2.05) is 83.1 Å². The molecule has 0 heterocycles. The smallest absolute Gasteiger partial charge is 0.329 e. The molecule has 2 amide bonds. The van der Waals surface area contributed by atoms with Crippen LogP contribution in [0.3, 0.4) is 0 Å². The van der Waals surface area contributed by atoms with E-state index in [0.717, 1.165) is 11.1 Å². The first-order valence-corrected chi connectivity index (χ1v) is 13.7. The van der Waals surface area contributed by atoms with Gasteiger partial charge in [0.1, 0.15) is 17.0 Å². The van der Waals surface area contributed by atoms with Crippen molar-refractivity contribution in [2.45, 2.75) is 71.2 Å². The fourth-order valence-corrected chi connectivity index (χ4v) is 4.81. The summed E-state index contributed by atoms with van der Waals surface area (Å²) in [6.07, 6.45) is 0.0881. The van der Waals surface area contributed by atoms with E-state index < -0.39 is 23.6 Å². The molecule has 2 atom stereocenters. The second kappa shape index (κ2) is 14.2. The maximum Gasteiger partial charge on any atom is 0.329 e. The monoisotopic (exact) mass is 542 g/mol. The predicted octanol–water partition coefficient (Wildman–Crippen LogP) is 5.36.